The molecule has 2 heterocycles. The molecule has 5 nitrogen and oxygen atoms in total. The highest BCUT2D eigenvalue weighted by Crippen LogP contribution is 2.25. The highest BCUT2D eigenvalue weighted by molar-refractivity contribution is 7.80. The predicted octanol–water partition coefficient (Wildman–Crippen LogP) is 2.85. The minimum absolute atomic E-state index is 0.515. The van der Waals surface area contributed by atoms with Crippen LogP contribution < -0.4 is 4.72 Å². The molecule has 6 heteroatoms. The first-order chi connectivity index (χ1) is 9.74. The molecule has 0 amide bonds. The van der Waals surface area contributed by atoms with Crippen LogP contribution in [0.25, 0.3) is 22.3 Å². The van der Waals surface area contributed by atoms with Gasteiger partial charge in [-0.1, -0.05) is 24.3 Å². The maximum Gasteiger partial charge on any atom is 0.259 e. The van der Waals surface area contributed by atoms with E-state index in [1.165, 1.54) is 0 Å². The van der Waals surface area contributed by atoms with Gasteiger partial charge in [0.2, 0.25) is 0 Å². The van der Waals surface area contributed by atoms with E-state index in [1.54, 1.807) is 18.3 Å². The predicted molar refractivity (Wildman–Crippen MR) is 79.4 cm³/mol. The quantitative estimate of drug-likeness (QED) is 0.726. The molecule has 0 bridgehead atoms. The molecule has 0 aliphatic heterocycles. The largest absolute Gasteiger partial charge is 0.289 e. The summed E-state index contributed by atoms with van der Waals surface area (Å²) in [5, 5.41) is 0.889. The topological polar surface area (TPSA) is 75.1 Å². The Bertz CT molecular complexity index is 778. The van der Waals surface area contributed by atoms with E-state index in [4.69, 9.17) is 4.55 Å². The number of rotatable bonds is 3. The number of aromatic nitrogens is 2. The zero-order valence-electron chi connectivity index (χ0n) is 10.4. The summed E-state index contributed by atoms with van der Waals surface area (Å²) in [6.45, 7) is 0. The second kappa shape index (κ2) is 5.36. The van der Waals surface area contributed by atoms with Crippen molar-refractivity contribution in [3.8, 4) is 11.4 Å². The molecule has 20 heavy (non-hydrogen) atoms. The molecule has 0 saturated heterocycles. The van der Waals surface area contributed by atoms with Crippen LogP contribution in [0.5, 0.6) is 0 Å². The lowest BCUT2D eigenvalue weighted by atomic mass is 10.1. The van der Waals surface area contributed by atoms with Gasteiger partial charge in [-0.05, 0) is 24.3 Å². The molecule has 0 aliphatic rings. The van der Waals surface area contributed by atoms with Crippen LogP contribution in [0.3, 0.4) is 0 Å². The van der Waals surface area contributed by atoms with Crippen molar-refractivity contribution >= 4 is 27.9 Å². The lowest BCUT2D eigenvalue weighted by Crippen LogP contribution is -2.03. The molecule has 2 aromatic heterocycles. The van der Waals surface area contributed by atoms with Crippen molar-refractivity contribution < 1.29 is 8.76 Å². The third kappa shape index (κ3) is 2.52. The van der Waals surface area contributed by atoms with Crippen LogP contribution in [0, 0.1) is 0 Å². The third-order valence-electron chi connectivity index (χ3n) is 2.84. The fraction of sp³-hybridized carbons (Fsp3) is 0. The Kier molecular flexibility index (Phi) is 3.41. The zero-order chi connectivity index (χ0) is 13.9. The van der Waals surface area contributed by atoms with Crippen molar-refractivity contribution in [3.05, 3.63) is 54.7 Å². The molecular weight excluding hydrogens is 274 g/mol. The van der Waals surface area contributed by atoms with Crippen molar-refractivity contribution in [1.29, 1.82) is 0 Å². The van der Waals surface area contributed by atoms with Crippen molar-refractivity contribution in [2.45, 2.75) is 0 Å². The summed E-state index contributed by atoms with van der Waals surface area (Å²) in [6.07, 6.45) is 1.70. The van der Waals surface area contributed by atoms with Gasteiger partial charge in [0, 0.05) is 11.6 Å². The Morgan fingerprint density at radius 1 is 1.00 bits per heavy atom. The van der Waals surface area contributed by atoms with Crippen molar-refractivity contribution in [2.75, 3.05) is 4.72 Å². The number of para-hydroxylation sites is 1. The van der Waals surface area contributed by atoms with E-state index in [2.05, 4.69) is 14.7 Å². The van der Waals surface area contributed by atoms with Gasteiger partial charge in [-0.15, -0.1) is 0 Å². The van der Waals surface area contributed by atoms with Crippen molar-refractivity contribution in [3.63, 3.8) is 0 Å². The Morgan fingerprint density at radius 2 is 1.90 bits per heavy atom. The molecule has 3 aromatic rings. The number of hydrogen-bond donors (Lipinski definition) is 2. The van der Waals surface area contributed by atoms with E-state index in [0.717, 1.165) is 16.8 Å². The molecule has 1 atom stereocenters. The van der Waals surface area contributed by atoms with Gasteiger partial charge in [-0.2, -0.15) is 0 Å². The molecule has 1 unspecified atom stereocenters. The first kappa shape index (κ1) is 12.7. The summed E-state index contributed by atoms with van der Waals surface area (Å²) in [5.41, 5.74) is 2.63. The summed E-state index contributed by atoms with van der Waals surface area (Å²) >= 11 is -2.13. The third-order valence-corrected chi connectivity index (χ3v) is 3.24. The van der Waals surface area contributed by atoms with Crippen LogP contribution in [0.15, 0.2) is 54.7 Å². The average Bonchev–Trinajstić information content (AvgIpc) is 2.47. The molecule has 0 spiro atoms. The van der Waals surface area contributed by atoms with E-state index in [9.17, 15) is 4.21 Å². The van der Waals surface area contributed by atoms with Crippen LogP contribution in [-0.4, -0.2) is 18.7 Å². The Hall–Kier alpha value is -2.31. The van der Waals surface area contributed by atoms with Crippen molar-refractivity contribution in [1.82, 2.24) is 9.97 Å². The minimum atomic E-state index is -2.13. The standard InChI is InChI=1S/C14H11N3O2S/c18-20(19)17-13-6-3-4-10-7-8-12(16-14(10)13)11-5-1-2-9-15-11/h1-9,17H,(H,18,19). The zero-order valence-corrected chi connectivity index (χ0v) is 11.2. The molecule has 100 valence electrons. The molecule has 1 aromatic carbocycles. The summed E-state index contributed by atoms with van der Waals surface area (Å²) in [4.78, 5) is 8.78. The van der Waals surface area contributed by atoms with Gasteiger partial charge in [-0.25, -0.2) is 9.19 Å². The number of nitrogens with one attached hydrogen (secondary N) is 1. The van der Waals surface area contributed by atoms with Gasteiger partial charge in [-0.3, -0.25) is 14.3 Å². The summed E-state index contributed by atoms with van der Waals surface area (Å²) in [6, 6.07) is 14.8. The molecule has 2 N–H and O–H groups in total. The molecule has 0 aliphatic carbocycles. The maximum absolute atomic E-state index is 10.9. The molecule has 0 fully saturated rings. The van der Waals surface area contributed by atoms with Crippen LogP contribution in [0.1, 0.15) is 0 Å². The number of fused-ring (bicyclic) bond motifs is 1. The first-order valence-electron chi connectivity index (χ1n) is 5.93. The Morgan fingerprint density at radius 3 is 2.65 bits per heavy atom. The summed E-state index contributed by atoms with van der Waals surface area (Å²) in [5.74, 6) is 0. The number of hydrogen-bond acceptors (Lipinski definition) is 3. The van der Waals surface area contributed by atoms with Crippen molar-refractivity contribution in [2.24, 2.45) is 0 Å². The molecule has 0 radical (unpaired) electrons. The highest BCUT2D eigenvalue weighted by atomic mass is 32.2. The second-order valence-corrected chi connectivity index (χ2v) is 4.84. The van der Waals surface area contributed by atoms with Crippen LogP contribution >= 0.6 is 0 Å². The lowest BCUT2D eigenvalue weighted by molar-refractivity contribution is 0.570. The first-order valence-corrected chi connectivity index (χ1v) is 7.03. The van der Waals surface area contributed by atoms with E-state index in [0.29, 0.717) is 11.2 Å². The van der Waals surface area contributed by atoms with E-state index in [-0.39, 0.29) is 0 Å². The van der Waals surface area contributed by atoms with E-state index < -0.39 is 11.3 Å². The number of anilines is 1. The van der Waals surface area contributed by atoms with Gasteiger partial charge in [0.1, 0.15) is 0 Å². The average molecular weight is 285 g/mol. The number of pyridine rings is 2. The number of nitrogens with zero attached hydrogens (tertiary/aromatic N) is 2. The van der Waals surface area contributed by atoms with Gasteiger partial charge in [0.25, 0.3) is 11.3 Å². The van der Waals surface area contributed by atoms with E-state index >= 15 is 0 Å². The fourth-order valence-electron chi connectivity index (χ4n) is 1.98. The number of benzene rings is 1. The Labute approximate surface area is 118 Å². The highest BCUT2D eigenvalue weighted by Gasteiger charge is 2.07. The Balaban J connectivity index is 2.16. The summed E-state index contributed by atoms with van der Waals surface area (Å²) in [7, 11) is 0. The summed E-state index contributed by atoms with van der Waals surface area (Å²) < 4.78 is 22.4. The minimum Gasteiger partial charge on any atom is -0.289 e. The fourth-order valence-corrected chi connectivity index (χ4v) is 2.33. The molecule has 0 saturated carbocycles. The second-order valence-electron chi connectivity index (χ2n) is 4.14. The van der Waals surface area contributed by atoms with Crippen LogP contribution in [-0.2, 0) is 11.3 Å². The molecule has 3 rings (SSSR count). The van der Waals surface area contributed by atoms with Gasteiger partial charge >= 0.3 is 0 Å². The van der Waals surface area contributed by atoms with E-state index in [1.807, 2.05) is 36.4 Å². The monoisotopic (exact) mass is 285 g/mol. The molecular formula is C14H11N3O2S. The van der Waals surface area contributed by atoms with Crippen LogP contribution in [0.2, 0.25) is 0 Å². The lowest BCUT2D eigenvalue weighted by Gasteiger charge is -2.07. The van der Waals surface area contributed by atoms with Crippen LogP contribution in [0.4, 0.5) is 5.69 Å². The normalized spacial score (nSPS) is 12.2. The van der Waals surface area contributed by atoms with Gasteiger partial charge in [0.15, 0.2) is 0 Å². The van der Waals surface area contributed by atoms with Gasteiger partial charge in [0.05, 0.1) is 22.6 Å². The van der Waals surface area contributed by atoms with Gasteiger partial charge < -0.3 is 0 Å². The smallest absolute Gasteiger partial charge is 0.259 e. The SMILES string of the molecule is O=S(O)Nc1cccc2ccc(-c3ccccn3)nc12. The maximum atomic E-state index is 10.9.